The van der Waals surface area contributed by atoms with E-state index in [1.807, 2.05) is 13.8 Å². The Morgan fingerprint density at radius 1 is 1.21 bits per heavy atom. The van der Waals surface area contributed by atoms with Crippen LogP contribution in [0.15, 0.2) is 0 Å². The molecule has 2 spiro atoms. The third-order valence-corrected chi connectivity index (χ3v) is 6.45. The lowest BCUT2D eigenvalue weighted by Gasteiger charge is -2.46. The fourth-order valence-corrected chi connectivity index (χ4v) is 5.72. The van der Waals surface area contributed by atoms with Crippen LogP contribution in [0.5, 0.6) is 0 Å². The van der Waals surface area contributed by atoms with E-state index in [0.29, 0.717) is 23.0 Å². The molecule has 3 heteroatoms. The third kappa shape index (κ3) is 1.55. The van der Waals surface area contributed by atoms with Crippen LogP contribution in [0.1, 0.15) is 52.4 Å². The number of carbonyl (C=O) groups is 1. The monoisotopic (exact) mass is 264 g/mol. The van der Waals surface area contributed by atoms with Gasteiger partial charge in [0, 0.05) is 18.3 Å². The number of ether oxygens (including phenoxy) is 2. The average molecular weight is 264 g/mol. The van der Waals surface area contributed by atoms with Crippen molar-refractivity contribution in [2.75, 3.05) is 13.2 Å². The van der Waals surface area contributed by atoms with Crippen molar-refractivity contribution in [3.8, 4) is 0 Å². The van der Waals surface area contributed by atoms with Gasteiger partial charge in [0.2, 0.25) is 0 Å². The molecule has 19 heavy (non-hydrogen) atoms. The number of Topliss-reactive ketones (excluding diaryl/α,β-unsaturated/α-hetero) is 1. The van der Waals surface area contributed by atoms with E-state index >= 15 is 0 Å². The van der Waals surface area contributed by atoms with Gasteiger partial charge in [0.05, 0.1) is 13.2 Å². The Morgan fingerprint density at radius 3 is 2.68 bits per heavy atom. The van der Waals surface area contributed by atoms with E-state index in [0.717, 1.165) is 32.5 Å². The van der Waals surface area contributed by atoms with Crippen LogP contribution >= 0.6 is 0 Å². The Labute approximate surface area is 115 Å². The van der Waals surface area contributed by atoms with Gasteiger partial charge in [-0.15, -0.1) is 0 Å². The van der Waals surface area contributed by atoms with Gasteiger partial charge in [-0.2, -0.15) is 0 Å². The van der Waals surface area contributed by atoms with Crippen LogP contribution in [0, 0.1) is 22.7 Å². The Balaban J connectivity index is 1.65. The highest BCUT2D eigenvalue weighted by molar-refractivity contribution is 5.82. The number of hydrogen-bond acceptors (Lipinski definition) is 3. The maximum Gasteiger partial charge on any atom is 0.162 e. The van der Waals surface area contributed by atoms with Crippen molar-refractivity contribution in [3.05, 3.63) is 0 Å². The molecule has 0 amide bonds. The molecule has 1 aliphatic heterocycles. The van der Waals surface area contributed by atoms with Gasteiger partial charge in [-0.25, -0.2) is 0 Å². The topological polar surface area (TPSA) is 35.5 Å². The van der Waals surface area contributed by atoms with Crippen molar-refractivity contribution >= 4 is 5.78 Å². The van der Waals surface area contributed by atoms with E-state index in [1.54, 1.807) is 0 Å². The van der Waals surface area contributed by atoms with Crippen molar-refractivity contribution in [2.24, 2.45) is 22.7 Å². The molecule has 0 aromatic carbocycles. The van der Waals surface area contributed by atoms with E-state index in [4.69, 9.17) is 9.47 Å². The van der Waals surface area contributed by atoms with Crippen molar-refractivity contribution in [3.63, 3.8) is 0 Å². The summed E-state index contributed by atoms with van der Waals surface area (Å²) in [4.78, 5) is 11.9. The second-order valence-electron chi connectivity index (χ2n) is 7.84. The summed E-state index contributed by atoms with van der Waals surface area (Å²) in [5, 5.41) is 0. The largest absolute Gasteiger partial charge is 0.350 e. The number of rotatable bonds is 0. The van der Waals surface area contributed by atoms with Crippen LogP contribution in [0.2, 0.25) is 0 Å². The summed E-state index contributed by atoms with van der Waals surface area (Å²) in [7, 11) is 0. The molecule has 0 aromatic rings. The van der Waals surface area contributed by atoms with Crippen molar-refractivity contribution < 1.29 is 14.3 Å². The second-order valence-corrected chi connectivity index (χ2v) is 7.84. The maximum atomic E-state index is 11.9. The number of hydrogen-bond donors (Lipinski definition) is 0. The molecule has 4 fully saturated rings. The minimum atomic E-state index is -0.426. The van der Waals surface area contributed by atoms with Gasteiger partial charge in [0.15, 0.2) is 5.79 Å². The van der Waals surface area contributed by atoms with Gasteiger partial charge in [0.1, 0.15) is 5.78 Å². The first kappa shape index (κ1) is 12.3. The van der Waals surface area contributed by atoms with E-state index < -0.39 is 5.79 Å². The third-order valence-electron chi connectivity index (χ3n) is 6.45. The van der Waals surface area contributed by atoms with Crippen molar-refractivity contribution in [2.45, 2.75) is 58.2 Å². The summed E-state index contributed by atoms with van der Waals surface area (Å²) in [6.07, 6.45) is 6.64. The molecule has 0 aromatic heterocycles. The summed E-state index contributed by atoms with van der Waals surface area (Å²) in [6.45, 7) is 5.67. The smallest absolute Gasteiger partial charge is 0.162 e. The van der Waals surface area contributed by atoms with E-state index in [-0.39, 0.29) is 5.41 Å². The molecule has 106 valence electrons. The lowest BCUT2D eigenvalue weighted by molar-refractivity contribution is -0.293. The molecule has 0 bridgehead atoms. The van der Waals surface area contributed by atoms with Crippen LogP contribution in [-0.2, 0) is 14.3 Å². The summed E-state index contributed by atoms with van der Waals surface area (Å²) >= 11 is 0. The SMILES string of the molecule is CC1(C)OCC2(CO1)C[C@@H]1CC(=O)C[C@@]13CCC[C@@H]23. The number of carbonyl (C=O) groups excluding carboxylic acids is 1. The maximum absolute atomic E-state index is 11.9. The molecule has 4 rings (SSSR count). The van der Waals surface area contributed by atoms with Gasteiger partial charge >= 0.3 is 0 Å². The zero-order valence-corrected chi connectivity index (χ0v) is 12.0. The Hall–Kier alpha value is -0.410. The van der Waals surface area contributed by atoms with Crippen LogP contribution in [0.3, 0.4) is 0 Å². The zero-order valence-electron chi connectivity index (χ0n) is 12.0. The Morgan fingerprint density at radius 2 is 1.95 bits per heavy atom. The summed E-state index contributed by atoms with van der Waals surface area (Å²) in [5.74, 6) is 1.35. The van der Waals surface area contributed by atoms with Crippen LogP contribution in [0.25, 0.3) is 0 Å². The van der Waals surface area contributed by atoms with E-state index in [1.165, 1.54) is 19.3 Å². The molecule has 3 nitrogen and oxygen atoms in total. The van der Waals surface area contributed by atoms with Gasteiger partial charge in [-0.3, -0.25) is 4.79 Å². The lowest BCUT2D eigenvalue weighted by Crippen LogP contribution is -2.49. The molecule has 0 unspecified atom stereocenters. The van der Waals surface area contributed by atoms with Gasteiger partial charge in [0.25, 0.3) is 0 Å². The average Bonchev–Trinajstić information content (AvgIpc) is 2.93. The Kier molecular flexibility index (Phi) is 2.35. The molecule has 4 aliphatic rings. The van der Waals surface area contributed by atoms with E-state index in [2.05, 4.69) is 0 Å². The summed E-state index contributed by atoms with van der Waals surface area (Å²) < 4.78 is 12.0. The molecule has 1 saturated heterocycles. The van der Waals surface area contributed by atoms with Gasteiger partial charge < -0.3 is 9.47 Å². The molecule has 3 aliphatic carbocycles. The normalized spacial score (nSPS) is 46.5. The summed E-state index contributed by atoms with van der Waals surface area (Å²) in [5.41, 5.74) is 0.530. The predicted octanol–water partition coefficient (Wildman–Crippen LogP) is 2.93. The van der Waals surface area contributed by atoms with E-state index in [9.17, 15) is 4.79 Å². The second kappa shape index (κ2) is 3.62. The fourth-order valence-electron chi connectivity index (χ4n) is 5.72. The Bertz CT molecular complexity index is 418. The minimum Gasteiger partial charge on any atom is -0.350 e. The predicted molar refractivity (Wildman–Crippen MR) is 70.5 cm³/mol. The first-order valence-electron chi connectivity index (χ1n) is 7.76. The number of fused-ring (bicyclic) bond motifs is 1. The van der Waals surface area contributed by atoms with Crippen molar-refractivity contribution in [1.82, 2.24) is 0 Å². The van der Waals surface area contributed by atoms with Gasteiger partial charge in [-0.1, -0.05) is 6.42 Å². The molecule has 1 heterocycles. The first-order valence-corrected chi connectivity index (χ1v) is 7.76. The fraction of sp³-hybridized carbons (Fsp3) is 0.938. The summed E-state index contributed by atoms with van der Waals surface area (Å²) in [6, 6.07) is 0. The molecule has 0 radical (unpaired) electrons. The first-order chi connectivity index (χ1) is 8.96. The van der Waals surface area contributed by atoms with Gasteiger partial charge in [-0.05, 0) is 50.4 Å². The highest BCUT2D eigenvalue weighted by Gasteiger charge is 2.67. The highest BCUT2D eigenvalue weighted by atomic mass is 16.7. The molecule has 0 N–H and O–H groups in total. The van der Waals surface area contributed by atoms with Crippen LogP contribution in [-0.4, -0.2) is 24.8 Å². The van der Waals surface area contributed by atoms with Crippen LogP contribution in [0.4, 0.5) is 0 Å². The lowest BCUT2D eigenvalue weighted by atomic mass is 9.69. The molecule has 3 saturated carbocycles. The van der Waals surface area contributed by atoms with Crippen LogP contribution < -0.4 is 0 Å². The highest BCUT2D eigenvalue weighted by Crippen LogP contribution is 2.70. The van der Waals surface area contributed by atoms with Crippen molar-refractivity contribution in [1.29, 1.82) is 0 Å². The quantitative estimate of drug-likeness (QED) is 0.675. The standard InChI is InChI=1S/C16H24O3/c1-14(2)18-9-15(10-19-14)7-11-6-12(17)8-16(11)5-3-4-13(15)16/h11,13H,3-10H2,1-2H3/t11-,13-,16-/m0/s1. The number of ketones is 1. The minimum absolute atomic E-state index is 0.206. The molecular weight excluding hydrogens is 240 g/mol. The zero-order chi connectivity index (χ0) is 13.3. The molecule has 3 atom stereocenters. The molecular formula is C16H24O3.